The van der Waals surface area contributed by atoms with E-state index in [2.05, 4.69) is 10.3 Å². The van der Waals surface area contributed by atoms with Crippen LogP contribution in [0.4, 0.5) is 0 Å². The number of amides is 1. The summed E-state index contributed by atoms with van der Waals surface area (Å²) in [6.07, 6.45) is 3.53. The Bertz CT molecular complexity index is 1380. The summed E-state index contributed by atoms with van der Waals surface area (Å²) in [5, 5.41) is 3.16. The largest absolute Gasteiger partial charge is 0.486 e. The Hall–Kier alpha value is -3.27. The van der Waals surface area contributed by atoms with Gasteiger partial charge >= 0.3 is 5.69 Å². The number of aryl methyl sites for hydroxylation is 1. The molecule has 0 spiro atoms. The van der Waals surface area contributed by atoms with Gasteiger partial charge in [0.1, 0.15) is 19.8 Å². The van der Waals surface area contributed by atoms with Gasteiger partial charge in [0.15, 0.2) is 22.7 Å². The van der Waals surface area contributed by atoms with Crippen molar-refractivity contribution in [1.29, 1.82) is 0 Å². The van der Waals surface area contributed by atoms with Crippen molar-refractivity contribution in [2.45, 2.75) is 37.8 Å². The monoisotopic (exact) mass is 473 g/mol. The summed E-state index contributed by atoms with van der Waals surface area (Å²) in [6, 6.07) is 5.77. The Morgan fingerprint density at radius 1 is 1.12 bits per heavy atom. The number of carbonyl (C=O) groups excluding carboxylic acids is 1. The molecule has 1 aromatic carbocycles. The molecule has 10 nitrogen and oxygen atoms in total. The number of ether oxygens (including phenoxy) is 2. The van der Waals surface area contributed by atoms with Crippen molar-refractivity contribution in [1.82, 2.24) is 24.0 Å². The van der Waals surface area contributed by atoms with Crippen LogP contribution in [0.1, 0.15) is 31.2 Å². The Balaban J connectivity index is 1.48. The van der Waals surface area contributed by atoms with E-state index in [1.54, 1.807) is 0 Å². The van der Waals surface area contributed by atoms with Crippen molar-refractivity contribution >= 4 is 28.7 Å². The molecule has 3 heterocycles. The Morgan fingerprint density at radius 3 is 2.55 bits per heavy atom. The molecule has 174 valence electrons. The SMILES string of the molecule is Cn1c(=O)c2c(nc(Cl)n2CC(=O)NC2(c3ccc4c(c3)OCCO4)CCCC2)n(C)c1=O. The van der Waals surface area contributed by atoms with Crippen LogP contribution < -0.4 is 26.0 Å². The zero-order valence-corrected chi connectivity index (χ0v) is 19.1. The van der Waals surface area contributed by atoms with Gasteiger partial charge in [-0.25, -0.2) is 4.79 Å². The molecule has 2 aliphatic rings. The summed E-state index contributed by atoms with van der Waals surface area (Å²) in [5.74, 6) is 1.07. The zero-order valence-electron chi connectivity index (χ0n) is 18.4. The number of imidazole rings is 1. The minimum Gasteiger partial charge on any atom is -0.486 e. The minimum absolute atomic E-state index is 0.0294. The van der Waals surface area contributed by atoms with Crippen molar-refractivity contribution in [2.75, 3.05) is 13.2 Å². The molecule has 1 amide bonds. The van der Waals surface area contributed by atoms with Gasteiger partial charge < -0.3 is 14.8 Å². The molecule has 2 aromatic heterocycles. The third-order valence-electron chi connectivity index (χ3n) is 6.53. The zero-order chi connectivity index (χ0) is 23.3. The Kier molecular flexibility index (Phi) is 5.19. The number of hydrogen-bond acceptors (Lipinski definition) is 6. The van der Waals surface area contributed by atoms with Gasteiger partial charge in [-0.3, -0.25) is 23.3 Å². The smallest absolute Gasteiger partial charge is 0.332 e. The molecule has 5 rings (SSSR count). The van der Waals surface area contributed by atoms with Gasteiger partial charge in [-0.15, -0.1) is 0 Å². The summed E-state index contributed by atoms with van der Waals surface area (Å²) in [7, 11) is 2.89. The lowest BCUT2D eigenvalue weighted by molar-refractivity contribution is -0.123. The maximum atomic E-state index is 13.2. The fraction of sp³-hybridized carbons (Fsp3) is 0.455. The molecule has 1 N–H and O–H groups in total. The average molecular weight is 474 g/mol. The van der Waals surface area contributed by atoms with E-state index in [4.69, 9.17) is 21.1 Å². The van der Waals surface area contributed by atoms with Crippen LogP contribution in [-0.2, 0) is 31.0 Å². The first kappa shape index (κ1) is 21.6. The summed E-state index contributed by atoms with van der Waals surface area (Å²) < 4.78 is 14.9. The van der Waals surface area contributed by atoms with Gasteiger partial charge in [0.05, 0.1) is 5.54 Å². The number of carbonyl (C=O) groups is 1. The summed E-state index contributed by atoms with van der Waals surface area (Å²) in [4.78, 5) is 42.3. The van der Waals surface area contributed by atoms with Gasteiger partial charge in [0.25, 0.3) is 5.56 Å². The number of hydrogen-bond donors (Lipinski definition) is 1. The Morgan fingerprint density at radius 2 is 1.82 bits per heavy atom. The molecule has 1 saturated carbocycles. The molecule has 0 saturated heterocycles. The minimum atomic E-state index is -0.553. The van der Waals surface area contributed by atoms with Crippen LogP contribution in [0.2, 0.25) is 5.28 Å². The van der Waals surface area contributed by atoms with Crippen molar-refractivity contribution in [2.24, 2.45) is 14.1 Å². The van der Waals surface area contributed by atoms with E-state index < -0.39 is 16.8 Å². The van der Waals surface area contributed by atoms with Crippen LogP contribution in [0.3, 0.4) is 0 Å². The van der Waals surface area contributed by atoms with E-state index in [1.165, 1.54) is 23.2 Å². The Labute approximate surface area is 193 Å². The number of rotatable bonds is 4. The molecule has 33 heavy (non-hydrogen) atoms. The lowest BCUT2D eigenvalue weighted by Crippen LogP contribution is -2.45. The van der Waals surface area contributed by atoms with E-state index >= 15 is 0 Å². The van der Waals surface area contributed by atoms with Crippen molar-refractivity contribution in [3.63, 3.8) is 0 Å². The maximum absolute atomic E-state index is 13.2. The van der Waals surface area contributed by atoms with E-state index in [0.717, 1.165) is 35.8 Å². The van der Waals surface area contributed by atoms with E-state index in [0.29, 0.717) is 24.7 Å². The third kappa shape index (κ3) is 3.49. The van der Waals surface area contributed by atoms with Crippen molar-refractivity contribution < 1.29 is 14.3 Å². The first-order chi connectivity index (χ1) is 15.8. The summed E-state index contributed by atoms with van der Waals surface area (Å²) in [6.45, 7) is 0.799. The maximum Gasteiger partial charge on any atom is 0.332 e. The second-order valence-electron chi connectivity index (χ2n) is 8.54. The van der Waals surface area contributed by atoms with Crippen LogP contribution in [-0.4, -0.2) is 37.8 Å². The molecule has 1 fully saturated rings. The van der Waals surface area contributed by atoms with Crippen LogP contribution in [0.5, 0.6) is 11.5 Å². The standard InChI is InChI=1S/C22H24ClN5O5/c1-26-18-17(19(30)27(2)21(26)31)28(20(23)24-18)12-16(29)25-22(7-3-4-8-22)13-5-6-14-15(11-13)33-10-9-32-14/h5-6,11H,3-4,7-10,12H2,1-2H3,(H,25,29). The molecular formula is C22H24ClN5O5. The third-order valence-corrected chi connectivity index (χ3v) is 6.82. The highest BCUT2D eigenvalue weighted by Gasteiger charge is 2.38. The second kappa shape index (κ2) is 7.95. The van der Waals surface area contributed by atoms with Crippen molar-refractivity contribution in [3.05, 3.63) is 49.9 Å². The van der Waals surface area contributed by atoms with Crippen LogP contribution in [0.15, 0.2) is 27.8 Å². The van der Waals surface area contributed by atoms with Gasteiger partial charge in [0.2, 0.25) is 11.2 Å². The van der Waals surface area contributed by atoms with Crippen molar-refractivity contribution in [3.8, 4) is 11.5 Å². The number of nitrogens with zero attached hydrogens (tertiary/aromatic N) is 4. The summed E-state index contributed by atoms with van der Waals surface area (Å²) in [5.41, 5.74) is -0.405. The molecule has 1 aliphatic carbocycles. The second-order valence-corrected chi connectivity index (χ2v) is 8.88. The predicted octanol–water partition coefficient (Wildman–Crippen LogP) is 1.44. The molecule has 11 heteroatoms. The van der Waals surface area contributed by atoms with Crippen LogP contribution in [0, 0.1) is 0 Å². The fourth-order valence-electron chi connectivity index (χ4n) is 4.82. The highest BCUT2D eigenvalue weighted by molar-refractivity contribution is 6.29. The predicted molar refractivity (Wildman–Crippen MR) is 121 cm³/mol. The number of halogens is 1. The lowest BCUT2D eigenvalue weighted by atomic mass is 9.87. The number of benzene rings is 1. The van der Waals surface area contributed by atoms with E-state index in [-0.39, 0.29) is 28.9 Å². The van der Waals surface area contributed by atoms with Gasteiger partial charge in [-0.1, -0.05) is 18.9 Å². The average Bonchev–Trinajstić information content (AvgIpc) is 3.41. The van der Waals surface area contributed by atoms with Gasteiger partial charge in [0, 0.05) is 14.1 Å². The van der Waals surface area contributed by atoms with E-state index in [1.807, 2.05) is 18.2 Å². The van der Waals surface area contributed by atoms with E-state index in [9.17, 15) is 14.4 Å². The quantitative estimate of drug-likeness (QED) is 0.574. The van der Waals surface area contributed by atoms with Gasteiger partial charge in [-0.2, -0.15) is 4.98 Å². The van der Waals surface area contributed by atoms with Gasteiger partial charge in [-0.05, 0) is 42.1 Å². The van der Waals surface area contributed by atoms with Crippen LogP contribution in [0.25, 0.3) is 11.2 Å². The fourth-order valence-corrected chi connectivity index (χ4v) is 5.04. The summed E-state index contributed by atoms with van der Waals surface area (Å²) >= 11 is 6.29. The number of fused-ring (bicyclic) bond motifs is 2. The van der Waals surface area contributed by atoms with Crippen LogP contribution >= 0.6 is 11.6 Å². The highest BCUT2D eigenvalue weighted by atomic mass is 35.5. The molecule has 1 aliphatic heterocycles. The molecule has 0 atom stereocenters. The lowest BCUT2D eigenvalue weighted by Gasteiger charge is -2.32. The number of nitrogens with one attached hydrogen (secondary N) is 1. The molecular weight excluding hydrogens is 450 g/mol. The normalized spacial score (nSPS) is 16.8. The first-order valence-electron chi connectivity index (χ1n) is 10.8. The highest BCUT2D eigenvalue weighted by Crippen LogP contribution is 2.42. The molecule has 0 bridgehead atoms. The number of aromatic nitrogens is 4. The first-order valence-corrected chi connectivity index (χ1v) is 11.2. The molecule has 0 unspecified atom stereocenters. The molecule has 0 radical (unpaired) electrons. The topological polar surface area (TPSA) is 109 Å². The molecule has 3 aromatic rings.